The Hall–Kier alpha value is -3.72. The Labute approximate surface area is 197 Å². The fourth-order valence-corrected chi connectivity index (χ4v) is 4.40. The number of fused-ring (bicyclic) bond motifs is 1. The Bertz CT molecular complexity index is 1170. The SMILES string of the molecule is CCOc1ccccc1C(=O)N1CCN(C(=O)c2nnn3c2COC(c2ccccc2)C3)CC1. The van der Waals surface area contributed by atoms with Crippen molar-refractivity contribution < 1.29 is 19.1 Å². The van der Waals surface area contributed by atoms with Gasteiger partial charge in [0.15, 0.2) is 5.69 Å². The summed E-state index contributed by atoms with van der Waals surface area (Å²) in [5.74, 6) is 0.320. The van der Waals surface area contributed by atoms with E-state index in [1.807, 2.05) is 49.4 Å². The molecule has 0 bridgehead atoms. The van der Waals surface area contributed by atoms with Crippen LogP contribution < -0.4 is 4.74 Å². The normalized spacial score (nSPS) is 17.9. The first-order valence-corrected chi connectivity index (χ1v) is 11.5. The van der Waals surface area contributed by atoms with Crippen LogP contribution in [-0.2, 0) is 17.9 Å². The Morgan fingerprint density at radius 3 is 2.38 bits per heavy atom. The second-order valence-corrected chi connectivity index (χ2v) is 8.29. The van der Waals surface area contributed by atoms with Gasteiger partial charge in [0.2, 0.25) is 0 Å². The fraction of sp³-hybridized carbons (Fsp3) is 0.360. The van der Waals surface area contributed by atoms with Crippen LogP contribution in [0.15, 0.2) is 54.6 Å². The number of hydrogen-bond donors (Lipinski definition) is 0. The summed E-state index contributed by atoms with van der Waals surface area (Å²) in [6, 6.07) is 17.2. The number of benzene rings is 2. The van der Waals surface area contributed by atoms with Gasteiger partial charge in [-0.3, -0.25) is 9.59 Å². The second kappa shape index (κ2) is 9.64. The molecule has 1 atom stereocenters. The van der Waals surface area contributed by atoms with E-state index in [1.54, 1.807) is 26.6 Å². The molecule has 2 aliphatic rings. The maximum absolute atomic E-state index is 13.2. The first-order valence-electron chi connectivity index (χ1n) is 11.5. The molecule has 3 aromatic rings. The number of amides is 2. The average Bonchev–Trinajstić information content (AvgIpc) is 3.32. The number of piperazine rings is 1. The monoisotopic (exact) mass is 461 g/mol. The summed E-state index contributed by atoms with van der Waals surface area (Å²) in [5.41, 5.74) is 2.64. The van der Waals surface area contributed by atoms with Crippen LogP contribution in [0.1, 0.15) is 45.1 Å². The number of aromatic nitrogens is 3. The van der Waals surface area contributed by atoms with Gasteiger partial charge in [0.05, 0.1) is 31.0 Å². The Morgan fingerprint density at radius 2 is 1.65 bits per heavy atom. The van der Waals surface area contributed by atoms with Crippen LogP contribution in [-0.4, -0.2) is 69.4 Å². The third kappa shape index (κ3) is 4.26. The summed E-state index contributed by atoms with van der Waals surface area (Å²) in [7, 11) is 0. The third-order valence-electron chi connectivity index (χ3n) is 6.24. The van der Waals surface area contributed by atoms with Crippen molar-refractivity contribution in [2.45, 2.75) is 26.2 Å². The minimum atomic E-state index is -0.176. The van der Waals surface area contributed by atoms with Gasteiger partial charge in [0, 0.05) is 26.2 Å². The molecule has 0 saturated carbocycles. The van der Waals surface area contributed by atoms with Gasteiger partial charge >= 0.3 is 0 Å². The molecule has 34 heavy (non-hydrogen) atoms. The van der Waals surface area contributed by atoms with Crippen molar-refractivity contribution in [1.82, 2.24) is 24.8 Å². The largest absolute Gasteiger partial charge is 0.493 e. The molecule has 1 aromatic heterocycles. The Balaban J connectivity index is 1.23. The highest BCUT2D eigenvalue weighted by atomic mass is 16.5. The van der Waals surface area contributed by atoms with Crippen LogP contribution in [0.4, 0.5) is 0 Å². The molecular formula is C25H27N5O4. The van der Waals surface area contributed by atoms with Gasteiger partial charge < -0.3 is 19.3 Å². The summed E-state index contributed by atoms with van der Waals surface area (Å²) in [5, 5.41) is 8.40. The van der Waals surface area contributed by atoms with E-state index in [1.165, 1.54) is 0 Å². The van der Waals surface area contributed by atoms with Crippen LogP contribution in [0, 0.1) is 0 Å². The predicted octanol–water partition coefficient (Wildman–Crippen LogP) is 2.55. The highest BCUT2D eigenvalue weighted by Crippen LogP contribution is 2.27. The van der Waals surface area contributed by atoms with Crippen molar-refractivity contribution in [3.63, 3.8) is 0 Å². The number of ether oxygens (including phenoxy) is 2. The number of para-hydroxylation sites is 1. The van der Waals surface area contributed by atoms with Gasteiger partial charge in [0.25, 0.3) is 11.8 Å². The molecule has 1 saturated heterocycles. The lowest BCUT2D eigenvalue weighted by atomic mass is 10.1. The number of carbonyl (C=O) groups is 2. The van der Waals surface area contributed by atoms with Gasteiger partial charge in [-0.2, -0.15) is 0 Å². The van der Waals surface area contributed by atoms with Crippen LogP contribution in [0.3, 0.4) is 0 Å². The predicted molar refractivity (Wildman–Crippen MR) is 123 cm³/mol. The lowest BCUT2D eigenvalue weighted by Gasteiger charge is -2.35. The lowest BCUT2D eigenvalue weighted by Crippen LogP contribution is -2.51. The quantitative estimate of drug-likeness (QED) is 0.580. The van der Waals surface area contributed by atoms with E-state index in [-0.39, 0.29) is 24.5 Å². The number of hydrogen-bond acceptors (Lipinski definition) is 6. The smallest absolute Gasteiger partial charge is 0.276 e. The first-order chi connectivity index (χ1) is 16.7. The molecule has 1 fully saturated rings. The topological polar surface area (TPSA) is 89.8 Å². The zero-order chi connectivity index (χ0) is 23.5. The number of nitrogens with zero attached hydrogens (tertiary/aromatic N) is 5. The summed E-state index contributed by atoms with van der Waals surface area (Å²) >= 11 is 0. The van der Waals surface area contributed by atoms with E-state index in [9.17, 15) is 9.59 Å². The summed E-state index contributed by atoms with van der Waals surface area (Å²) < 4.78 is 13.4. The van der Waals surface area contributed by atoms with Gasteiger partial charge in [-0.15, -0.1) is 5.10 Å². The minimum absolute atomic E-state index is 0.0856. The molecule has 9 nitrogen and oxygen atoms in total. The van der Waals surface area contributed by atoms with Crippen LogP contribution in [0.2, 0.25) is 0 Å². The molecular weight excluding hydrogens is 434 g/mol. The number of carbonyl (C=O) groups excluding carboxylic acids is 2. The van der Waals surface area contributed by atoms with E-state index in [4.69, 9.17) is 9.47 Å². The molecule has 1 unspecified atom stereocenters. The Morgan fingerprint density at radius 1 is 0.971 bits per heavy atom. The van der Waals surface area contributed by atoms with Crippen LogP contribution >= 0.6 is 0 Å². The lowest BCUT2D eigenvalue weighted by molar-refractivity contribution is -0.00202. The molecule has 0 spiro atoms. The Kier molecular flexibility index (Phi) is 6.27. The molecule has 2 aromatic carbocycles. The maximum atomic E-state index is 13.2. The van der Waals surface area contributed by atoms with Crippen LogP contribution in [0.5, 0.6) is 5.75 Å². The van der Waals surface area contributed by atoms with E-state index in [0.29, 0.717) is 62.0 Å². The molecule has 3 heterocycles. The molecule has 0 radical (unpaired) electrons. The van der Waals surface area contributed by atoms with Crippen molar-refractivity contribution in [3.8, 4) is 5.75 Å². The molecule has 5 rings (SSSR count). The molecule has 0 aliphatic carbocycles. The molecule has 2 amide bonds. The van der Waals surface area contributed by atoms with Crippen LogP contribution in [0.25, 0.3) is 0 Å². The van der Waals surface area contributed by atoms with E-state index in [0.717, 1.165) is 5.56 Å². The second-order valence-electron chi connectivity index (χ2n) is 8.29. The van der Waals surface area contributed by atoms with Crippen molar-refractivity contribution in [2.75, 3.05) is 32.8 Å². The standard InChI is InChI=1S/C25H27N5O4/c1-2-33-21-11-7-6-10-19(21)24(31)28-12-14-29(15-13-28)25(32)23-20-17-34-22(16-30(20)27-26-23)18-8-4-3-5-9-18/h3-11,22H,2,12-17H2,1H3. The fourth-order valence-electron chi connectivity index (χ4n) is 4.40. The van der Waals surface area contributed by atoms with E-state index < -0.39 is 0 Å². The summed E-state index contributed by atoms with van der Waals surface area (Å²) in [4.78, 5) is 29.7. The van der Waals surface area contributed by atoms with Crippen molar-refractivity contribution in [2.24, 2.45) is 0 Å². The van der Waals surface area contributed by atoms with E-state index in [2.05, 4.69) is 10.3 Å². The zero-order valence-corrected chi connectivity index (χ0v) is 19.1. The molecule has 0 N–H and O–H groups in total. The van der Waals surface area contributed by atoms with Gasteiger partial charge in [-0.1, -0.05) is 47.7 Å². The highest BCUT2D eigenvalue weighted by molar-refractivity contribution is 5.97. The van der Waals surface area contributed by atoms with Crippen molar-refractivity contribution in [1.29, 1.82) is 0 Å². The minimum Gasteiger partial charge on any atom is -0.493 e. The zero-order valence-electron chi connectivity index (χ0n) is 19.1. The van der Waals surface area contributed by atoms with Gasteiger partial charge in [-0.25, -0.2) is 4.68 Å². The van der Waals surface area contributed by atoms with Gasteiger partial charge in [-0.05, 0) is 24.6 Å². The number of rotatable bonds is 5. The highest BCUT2D eigenvalue weighted by Gasteiger charge is 2.32. The van der Waals surface area contributed by atoms with Crippen molar-refractivity contribution in [3.05, 3.63) is 77.1 Å². The maximum Gasteiger partial charge on any atom is 0.276 e. The summed E-state index contributed by atoms with van der Waals surface area (Å²) in [6.07, 6.45) is -0.118. The molecule has 9 heteroatoms. The molecule has 176 valence electrons. The summed E-state index contributed by atoms with van der Waals surface area (Å²) in [6.45, 7) is 4.93. The third-order valence-corrected chi connectivity index (χ3v) is 6.24. The first kappa shape index (κ1) is 22.1. The van der Waals surface area contributed by atoms with Gasteiger partial charge in [0.1, 0.15) is 11.9 Å². The van der Waals surface area contributed by atoms with Crippen molar-refractivity contribution >= 4 is 11.8 Å². The average molecular weight is 462 g/mol. The molecule has 2 aliphatic heterocycles. The van der Waals surface area contributed by atoms with E-state index >= 15 is 0 Å².